The third kappa shape index (κ3) is 2.91. The summed E-state index contributed by atoms with van der Waals surface area (Å²) in [5.41, 5.74) is -1.67. The van der Waals surface area contributed by atoms with Gasteiger partial charge in [0.25, 0.3) is 0 Å². The van der Waals surface area contributed by atoms with Crippen LogP contribution < -0.4 is 10.4 Å². The van der Waals surface area contributed by atoms with Crippen molar-refractivity contribution < 1.29 is 27.5 Å². The molecular weight excluding hydrogens is 290 g/mol. The SMILES string of the molecule is CC1=C(C(=O)[O-])C(c2ccc(F)cc2C(F)(F)F)C=CN1. The fourth-order valence-electron chi connectivity index (χ4n) is 2.26. The molecule has 0 aromatic heterocycles. The Bertz CT molecular complexity index is 647. The van der Waals surface area contributed by atoms with E-state index >= 15 is 0 Å². The summed E-state index contributed by atoms with van der Waals surface area (Å²) in [6, 6.07) is 2.16. The van der Waals surface area contributed by atoms with E-state index < -0.39 is 29.4 Å². The number of carbonyl (C=O) groups is 1. The van der Waals surface area contributed by atoms with E-state index in [1.165, 1.54) is 19.2 Å². The molecule has 3 nitrogen and oxygen atoms in total. The topological polar surface area (TPSA) is 52.2 Å². The first-order chi connectivity index (χ1) is 9.71. The van der Waals surface area contributed by atoms with Crippen LogP contribution >= 0.6 is 0 Å². The van der Waals surface area contributed by atoms with Crippen LogP contribution in [0.25, 0.3) is 0 Å². The van der Waals surface area contributed by atoms with Crippen molar-refractivity contribution in [3.63, 3.8) is 0 Å². The summed E-state index contributed by atoms with van der Waals surface area (Å²) in [5, 5.41) is 13.8. The van der Waals surface area contributed by atoms with Crippen molar-refractivity contribution >= 4 is 5.97 Å². The molecule has 21 heavy (non-hydrogen) atoms. The van der Waals surface area contributed by atoms with Crippen LogP contribution in [-0.4, -0.2) is 5.97 Å². The number of rotatable bonds is 2. The van der Waals surface area contributed by atoms with Crippen molar-refractivity contribution in [1.29, 1.82) is 0 Å². The highest BCUT2D eigenvalue weighted by Gasteiger charge is 2.36. The lowest BCUT2D eigenvalue weighted by Crippen LogP contribution is -2.32. The van der Waals surface area contributed by atoms with Crippen molar-refractivity contribution in [1.82, 2.24) is 5.32 Å². The maximum Gasteiger partial charge on any atom is 0.416 e. The van der Waals surface area contributed by atoms with Gasteiger partial charge in [-0.25, -0.2) is 4.39 Å². The molecule has 0 radical (unpaired) electrons. The summed E-state index contributed by atoms with van der Waals surface area (Å²) in [6.07, 6.45) is -2.18. The fourth-order valence-corrected chi connectivity index (χ4v) is 2.26. The Morgan fingerprint density at radius 1 is 1.33 bits per heavy atom. The minimum Gasteiger partial charge on any atom is -0.545 e. The average molecular weight is 300 g/mol. The molecule has 1 aromatic rings. The van der Waals surface area contributed by atoms with E-state index in [0.717, 1.165) is 12.1 Å². The summed E-state index contributed by atoms with van der Waals surface area (Å²) in [4.78, 5) is 11.2. The van der Waals surface area contributed by atoms with Gasteiger partial charge in [-0.2, -0.15) is 13.2 Å². The van der Waals surface area contributed by atoms with Gasteiger partial charge in [0.05, 0.1) is 11.5 Å². The first-order valence-corrected chi connectivity index (χ1v) is 5.93. The van der Waals surface area contributed by atoms with Gasteiger partial charge in [0.1, 0.15) is 5.82 Å². The van der Waals surface area contributed by atoms with Crippen LogP contribution in [0, 0.1) is 5.82 Å². The fraction of sp³-hybridized carbons (Fsp3) is 0.214. The molecular formula is C14H10F4NO2-. The third-order valence-corrected chi connectivity index (χ3v) is 3.18. The number of nitrogens with one attached hydrogen (secondary N) is 1. The summed E-state index contributed by atoms with van der Waals surface area (Å²) >= 11 is 0. The molecule has 112 valence electrons. The quantitative estimate of drug-likeness (QED) is 0.851. The first-order valence-electron chi connectivity index (χ1n) is 5.93. The number of allylic oxidation sites excluding steroid dienone is 2. The molecule has 1 aromatic carbocycles. The van der Waals surface area contributed by atoms with E-state index in [2.05, 4.69) is 5.32 Å². The van der Waals surface area contributed by atoms with Crippen LogP contribution in [0.1, 0.15) is 24.0 Å². The highest BCUT2D eigenvalue weighted by Crippen LogP contribution is 2.39. The third-order valence-electron chi connectivity index (χ3n) is 3.18. The van der Waals surface area contributed by atoms with Crippen molar-refractivity contribution in [2.45, 2.75) is 19.0 Å². The zero-order chi connectivity index (χ0) is 15.8. The van der Waals surface area contributed by atoms with Crippen LogP contribution in [0.5, 0.6) is 0 Å². The minimum absolute atomic E-state index is 0.181. The Morgan fingerprint density at radius 2 is 2.00 bits per heavy atom. The zero-order valence-corrected chi connectivity index (χ0v) is 10.8. The highest BCUT2D eigenvalue weighted by molar-refractivity contribution is 5.88. The molecule has 0 fully saturated rings. The van der Waals surface area contributed by atoms with Gasteiger partial charge in [0.2, 0.25) is 0 Å². The Kier molecular flexibility index (Phi) is 3.76. The molecule has 7 heteroatoms. The van der Waals surface area contributed by atoms with E-state index in [9.17, 15) is 27.5 Å². The highest BCUT2D eigenvalue weighted by atomic mass is 19.4. The molecule has 1 aliphatic rings. The maximum absolute atomic E-state index is 13.1. The van der Waals surface area contributed by atoms with Gasteiger partial charge in [-0.05, 0) is 30.8 Å². The van der Waals surface area contributed by atoms with Crippen molar-refractivity contribution in [3.05, 3.63) is 58.7 Å². The number of halogens is 4. The number of hydrogen-bond acceptors (Lipinski definition) is 3. The summed E-state index contributed by atoms with van der Waals surface area (Å²) in [6.45, 7) is 1.42. The average Bonchev–Trinajstić information content (AvgIpc) is 2.36. The maximum atomic E-state index is 13.1. The van der Waals surface area contributed by atoms with Crippen LogP contribution in [0.2, 0.25) is 0 Å². The molecule has 1 aliphatic heterocycles. The van der Waals surface area contributed by atoms with Crippen molar-refractivity contribution in [2.24, 2.45) is 0 Å². The largest absolute Gasteiger partial charge is 0.545 e. The molecule has 1 N–H and O–H groups in total. The van der Waals surface area contributed by atoms with Crippen LogP contribution in [0.3, 0.4) is 0 Å². The number of carboxylic acid groups (broad SMARTS) is 1. The van der Waals surface area contributed by atoms with Crippen LogP contribution in [0.15, 0.2) is 41.7 Å². The van der Waals surface area contributed by atoms with Crippen molar-refractivity contribution in [2.75, 3.05) is 0 Å². The molecule has 1 atom stereocenters. The molecule has 1 heterocycles. The summed E-state index contributed by atoms with van der Waals surface area (Å²) in [5.74, 6) is -3.78. The van der Waals surface area contributed by atoms with E-state index in [1.54, 1.807) is 0 Å². The normalized spacial score (nSPS) is 18.6. The van der Waals surface area contributed by atoms with Gasteiger partial charge in [-0.3, -0.25) is 0 Å². The molecule has 0 amide bonds. The lowest BCUT2D eigenvalue weighted by atomic mass is 9.85. The van der Waals surface area contributed by atoms with Gasteiger partial charge < -0.3 is 15.2 Å². The Balaban J connectivity index is 2.63. The van der Waals surface area contributed by atoms with Gasteiger partial charge >= 0.3 is 6.18 Å². The second kappa shape index (κ2) is 5.23. The van der Waals surface area contributed by atoms with Gasteiger partial charge in [0, 0.05) is 17.2 Å². The van der Waals surface area contributed by atoms with Crippen LogP contribution in [0.4, 0.5) is 17.6 Å². The first kappa shape index (κ1) is 15.1. The Labute approximate surface area is 117 Å². The second-order valence-corrected chi connectivity index (χ2v) is 4.54. The predicted octanol–water partition coefficient (Wildman–Crippen LogP) is 2.07. The molecule has 0 spiro atoms. The zero-order valence-electron chi connectivity index (χ0n) is 10.8. The van der Waals surface area contributed by atoms with E-state index in [0.29, 0.717) is 6.07 Å². The van der Waals surface area contributed by atoms with E-state index in [1.807, 2.05) is 0 Å². The molecule has 0 saturated carbocycles. The summed E-state index contributed by atoms with van der Waals surface area (Å²) in [7, 11) is 0. The molecule has 0 bridgehead atoms. The number of dihydropyridines is 1. The number of carboxylic acids is 1. The minimum atomic E-state index is -4.79. The van der Waals surface area contributed by atoms with Crippen LogP contribution in [-0.2, 0) is 11.0 Å². The summed E-state index contributed by atoms with van der Waals surface area (Å²) < 4.78 is 52.2. The second-order valence-electron chi connectivity index (χ2n) is 4.54. The van der Waals surface area contributed by atoms with E-state index in [4.69, 9.17) is 0 Å². The Morgan fingerprint density at radius 3 is 2.57 bits per heavy atom. The molecule has 0 saturated heterocycles. The standard InChI is InChI=1S/C14H11F4NO2/c1-7-12(13(20)21)10(4-5-19-7)9-3-2-8(15)6-11(9)14(16,17)18/h2-6,10,19H,1H3,(H,20,21)/p-1. The number of hydrogen-bond donors (Lipinski definition) is 1. The number of benzene rings is 1. The van der Waals surface area contributed by atoms with E-state index in [-0.39, 0.29) is 16.8 Å². The number of carbonyl (C=O) groups excluding carboxylic acids is 1. The van der Waals surface area contributed by atoms with Gasteiger partial charge in [0.15, 0.2) is 0 Å². The monoisotopic (exact) mass is 300 g/mol. The van der Waals surface area contributed by atoms with Gasteiger partial charge in [-0.15, -0.1) is 0 Å². The Hall–Kier alpha value is -2.31. The van der Waals surface area contributed by atoms with Crippen molar-refractivity contribution in [3.8, 4) is 0 Å². The molecule has 0 aliphatic carbocycles. The number of alkyl halides is 3. The molecule has 2 rings (SSSR count). The lowest BCUT2D eigenvalue weighted by Gasteiger charge is -2.27. The number of aliphatic carboxylic acids is 1. The smallest absolute Gasteiger partial charge is 0.416 e. The lowest BCUT2D eigenvalue weighted by molar-refractivity contribution is -0.299. The van der Waals surface area contributed by atoms with Gasteiger partial charge in [-0.1, -0.05) is 12.1 Å². The molecule has 1 unspecified atom stereocenters. The predicted molar refractivity (Wildman–Crippen MR) is 64.1 cm³/mol.